The maximum absolute atomic E-state index is 11.2. The van der Waals surface area contributed by atoms with Gasteiger partial charge in [-0.1, -0.05) is 6.07 Å². The van der Waals surface area contributed by atoms with Crippen molar-refractivity contribution in [2.45, 2.75) is 0 Å². The number of pyridine rings is 1. The average molecular weight is 295 g/mol. The molecule has 3 rings (SSSR count). The Balaban J connectivity index is 2.34. The Morgan fingerprint density at radius 3 is 2.68 bits per heavy atom. The van der Waals surface area contributed by atoms with Gasteiger partial charge in [0.15, 0.2) is 0 Å². The predicted octanol–water partition coefficient (Wildman–Crippen LogP) is 3.31. The van der Waals surface area contributed by atoms with E-state index >= 15 is 0 Å². The van der Waals surface area contributed by atoms with Crippen LogP contribution in [0.1, 0.15) is 10.4 Å². The third kappa shape index (κ3) is 2.22. The van der Waals surface area contributed by atoms with Gasteiger partial charge in [0.2, 0.25) is 0 Å². The van der Waals surface area contributed by atoms with Crippen molar-refractivity contribution in [3.05, 3.63) is 54.2 Å². The summed E-state index contributed by atoms with van der Waals surface area (Å²) in [7, 11) is 1.53. The second kappa shape index (κ2) is 5.37. The molecule has 0 aliphatic rings. The van der Waals surface area contributed by atoms with Crippen molar-refractivity contribution in [1.82, 2.24) is 4.98 Å². The van der Waals surface area contributed by atoms with E-state index in [1.54, 1.807) is 30.5 Å². The van der Waals surface area contributed by atoms with Gasteiger partial charge in [0.05, 0.1) is 12.7 Å². The van der Waals surface area contributed by atoms with Gasteiger partial charge in [-0.3, -0.25) is 4.98 Å². The summed E-state index contributed by atoms with van der Waals surface area (Å²) < 4.78 is 5.34. The SMILES string of the molecule is COc1ccc(C(=O)O)cc1-c1ccc(O)c2ncccc12. The number of nitrogens with zero attached hydrogens (tertiary/aromatic N) is 1. The third-order valence-corrected chi connectivity index (χ3v) is 3.48. The van der Waals surface area contributed by atoms with Crippen LogP contribution in [0.3, 0.4) is 0 Å². The Labute approximate surface area is 126 Å². The number of rotatable bonds is 3. The summed E-state index contributed by atoms with van der Waals surface area (Å²) >= 11 is 0. The van der Waals surface area contributed by atoms with Crippen LogP contribution in [0.4, 0.5) is 0 Å². The standard InChI is InChI=1S/C17H13NO4/c1-22-15-7-4-10(17(20)21)9-13(15)11-5-6-14(19)16-12(11)3-2-8-18-16/h2-9,19H,1H3,(H,20,21). The fraction of sp³-hybridized carbons (Fsp3) is 0.0588. The molecule has 0 aliphatic carbocycles. The van der Waals surface area contributed by atoms with Crippen molar-refractivity contribution in [2.75, 3.05) is 7.11 Å². The molecule has 0 spiro atoms. The molecule has 0 saturated carbocycles. The van der Waals surface area contributed by atoms with Crippen molar-refractivity contribution < 1.29 is 19.7 Å². The minimum atomic E-state index is -1.01. The summed E-state index contributed by atoms with van der Waals surface area (Å²) in [6.07, 6.45) is 1.59. The number of methoxy groups -OCH3 is 1. The van der Waals surface area contributed by atoms with E-state index in [9.17, 15) is 15.0 Å². The molecule has 3 aromatic rings. The lowest BCUT2D eigenvalue weighted by molar-refractivity contribution is 0.0697. The van der Waals surface area contributed by atoms with Crippen molar-refractivity contribution in [2.24, 2.45) is 0 Å². The fourth-order valence-corrected chi connectivity index (χ4v) is 2.44. The first kappa shape index (κ1) is 13.9. The Kier molecular flexibility index (Phi) is 3.39. The minimum absolute atomic E-state index is 0.0766. The number of benzene rings is 2. The molecule has 0 aliphatic heterocycles. The molecule has 5 nitrogen and oxygen atoms in total. The molecule has 0 bridgehead atoms. The van der Waals surface area contributed by atoms with Gasteiger partial charge in [-0.25, -0.2) is 4.79 Å². The van der Waals surface area contributed by atoms with Crippen molar-refractivity contribution in [3.8, 4) is 22.6 Å². The lowest BCUT2D eigenvalue weighted by Crippen LogP contribution is -1.98. The number of hydrogen-bond acceptors (Lipinski definition) is 4. The van der Waals surface area contributed by atoms with Crippen LogP contribution in [0.2, 0.25) is 0 Å². The number of phenols is 1. The van der Waals surface area contributed by atoms with E-state index in [4.69, 9.17) is 4.74 Å². The van der Waals surface area contributed by atoms with E-state index in [2.05, 4.69) is 4.98 Å². The van der Waals surface area contributed by atoms with Gasteiger partial charge in [0.1, 0.15) is 17.0 Å². The van der Waals surface area contributed by atoms with E-state index in [0.717, 1.165) is 10.9 Å². The highest BCUT2D eigenvalue weighted by Gasteiger charge is 2.14. The zero-order valence-electron chi connectivity index (χ0n) is 11.8. The quantitative estimate of drug-likeness (QED) is 0.775. The summed E-state index contributed by atoms with van der Waals surface area (Å²) in [6.45, 7) is 0. The first-order valence-corrected chi connectivity index (χ1v) is 6.60. The zero-order valence-corrected chi connectivity index (χ0v) is 11.8. The number of carboxylic acids is 1. The Morgan fingerprint density at radius 1 is 1.14 bits per heavy atom. The van der Waals surface area contributed by atoms with E-state index in [1.807, 2.05) is 6.07 Å². The van der Waals surface area contributed by atoms with Gasteiger partial charge in [-0.15, -0.1) is 0 Å². The van der Waals surface area contributed by atoms with E-state index in [0.29, 0.717) is 16.8 Å². The monoisotopic (exact) mass is 295 g/mol. The summed E-state index contributed by atoms with van der Waals surface area (Å²) in [4.78, 5) is 15.4. The number of aromatic nitrogens is 1. The number of fused-ring (bicyclic) bond motifs is 1. The van der Waals surface area contributed by atoms with Crippen molar-refractivity contribution >= 4 is 16.9 Å². The highest BCUT2D eigenvalue weighted by molar-refractivity contribution is 6.00. The second-order valence-electron chi connectivity index (χ2n) is 4.75. The molecule has 0 radical (unpaired) electrons. The largest absolute Gasteiger partial charge is 0.506 e. The van der Waals surface area contributed by atoms with Crippen molar-refractivity contribution in [3.63, 3.8) is 0 Å². The fourth-order valence-electron chi connectivity index (χ4n) is 2.44. The molecule has 22 heavy (non-hydrogen) atoms. The van der Waals surface area contributed by atoms with Crippen molar-refractivity contribution in [1.29, 1.82) is 0 Å². The highest BCUT2D eigenvalue weighted by atomic mass is 16.5. The number of aromatic hydroxyl groups is 1. The Hall–Kier alpha value is -3.08. The normalized spacial score (nSPS) is 10.6. The molecular weight excluding hydrogens is 282 g/mol. The predicted molar refractivity (Wildman–Crippen MR) is 82.4 cm³/mol. The maximum Gasteiger partial charge on any atom is 0.335 e. The van der Waals surface area contributed by atoms with Crippen LogP contribution < -0.4 is 4.74 Å². The molecule has 0 atom stereocenters. The lowest BCUT2D eigenvalue weighted by Gasteiger charge is -2.12. The molecule has 2 N–H and O–H groups in total. The Bertz CT molecular complexity index is 874. The van der Waals surface area contributed by atoms with E-state index in [1.165, 1.54) is 19.2 Å². The van der Waals surface area contributed by atoms with E-state index < -0.39 is 5.97 Å². The average Bonchev–Trinajstić information content (AvgIpc) is 2.55. The van der Waals surface area contributed by atoms with Crippen LogP contribution in [0.5, 0.6) is 11.5 Å². The Morgan fingerprint density at radius 2 is 1.95 bits per heavy atom. The summed E-state index contributed by atoms with van der Waals surface area (Å²) in [5, 5.41) is 19.8. The first-order valence-electron chi connectivity index (χ1n) is 6.60. The summed E-state index contributed by atoms with van der Waals surface area (Å²) in [5.74, 6) is -0.376. The van der Waals surface area contributed by atoms with E-state index in [-0.39, 0.29) is 11.3 Å². The maximum atomic E-state index is 11.2. The number of hydrogen-bond donors (Lipinski definition) is 2. The molecule has 5 heteroatoms. The number of aromatic carboxylic acids is 1. The van der Waals surface area contributed by atoms with Gasteiger partial charge < -0.3 is 14.9 Å². The number of carbonyl (C=O) groups is 1. The summed E-state index contributed by atoms with van der Waals surface area (Å²) in [5.41, 5.74) is 2.02. The van der Waals surface area contributed by atoms with Gasteiger partial charge in [-0.2, -0.15) is 0 Å². The molecular formula is C17H13NO4. The molecule has 1 aromatic heterocycles. The zero-order chi connectivity index (χ0) is 15.7. The molecule has 1 heterocycles. The molecule has 0 amide bonds. The van der Waals surface area contributed by atoms with Gasteiger partial charge in [-0.05, 0) is 42.0 Å². The molecule has 2 aromatic carbocycles. The smallest absolute Gasteiger partial charge is 0.335 e. The van der Waals surface area contributed by atoms with Crippen LogP contribution >= 0.6 is 0 Å². The molecule has 0 unspecified atom stereocenters. The van der Waals surface area contributed by atoms with Crippen LogP contribution in [-0.4, -0.2) is 28.3 Å². The molecule has 110 valence electrons. The third-order valence-electron chi connectivity index (χ3n) is 3.48. The highest BCUT2D eigenvalue weighted by Crippen LogP contribution is 2.37. The topological polar surface area (TPSA) is 79.7 Å². The first-order chi connectivity index (χ1) is 10.6. The minimum Gasteiger partial charge on any atom is -0.506 e. The molecule has 0 fully saturated rings. The molecule has 0 saturated heterocycles. The number of carboxylic acid groups (broad SMARTS) is 1. The number of phenolic OH excluding ortho intramolecular Hbond substituents is 1. The van der Waals surface area contributed by atoms with Gasteiger partial charge in [0.25, 0.3) is 0 Å². The van der Waals surface area contributed by atoms with Crippen LogP contribution in [-0.2, 0) is 0 Å². The second-order valence-corrected chi connectivity index (χ2v) is 4.75. The van der Waals surface area contributed by atoms with Gasteiger partial charge in [0, 0.05) is 17.1 Å². The van der Waals surface area contributed by atoms with Crippen LogP contribution in [0.25, 0.3) is 22.0 Å². The van der Waals surface area contributed by atoms with Crippen LogP contribution in [0.15, 0.2) is 48.7 Å². The lowest BCUT2D eigenvalue weighted by atomic mass is 9.97. The summed E-state index contributed by atoms with van der Waals surface area (Å²) in [6, 6.07) is 11.5. The number of ether oxygens (including phenoxy) is 1. The van der Waals surface area contributed by atoms with Gasteiger partial charge >= 0.3 is 5.97 Å². The van der Waals surface area contributed by atoms with Crippen LogP contribution in [0, 0.1) is 0 Å².